The number of hydrogen-bond acceptors (Lipinski definition) is 5. The van der Waals surface area contributed by atoms with Gasteiger partial charge in [0, 0.05) is 53.9 Å². The van der Waals surface area contributed by atoms with E-state index in [-0.39, 0.29) is 5.92 Å². The van der Waals surface area contributed by atoms with Gasteiger partial charge in [0.25, 0.3) is 0 Å². The molecule has 39 heavy (non-hydrogen) atoms. The third-order valence-electron chi connectivity index (χ3n) is 8.92. The van der Waals surface area contributed by atoms with Crippen molar-refractivity contribution in [3.05, 3.63) is 59.4 Å². The number of aryl methyl sites for hydroxylation is 1. The Morgan fingerprint density at radius 2 is 1.85 bits per heavy atom. The van der Waals surface area contributed by atoms with Gasteiger partial charge in [-0.25, -0.2) is 4.98 Å². The quantitative estimate of drug-likeness (QED) is 0.325. The highest BCUT2D eigenvalue weighted by molar-refractivity contribution is 6.08. The number of ether oxygens (including phenoxy) is 1. The van der Waals surface area contributed by atoms with Crippen LogP contribution in [0.15, 0.2) is 42.7 Å². The number of rotatable bonds is 10. The zero-order valence-electron chi connectivity index (χ0n) is 23.6. The standard InChI is InChI=1S/C33H44N4O2/c1-23-17-28(20-36-32(23)39-2)25-13-11-24(12-14-25)22-37(33(38)26-7-4-3-5-8-26)31-10-6-9-27(18-31)29(19-34)21-35-30-15-16-30/h6,9-10,17-21,24-26,30,34-35H,3-5,7-8,11-16,22H2,1-2H3/b29-21+,34-19?. The molecule has 2 aromatic rings. The number of benzene rings is 1. The highest BCUT2D eigenvalue weighted by Gasteiger charge is 2.31. The zero-order valence-corrected chi connectivity index (χ0v) is 23.6. The number of nitrogens with one attached hydrogen (secondary N) is 2. The van der Waals surface area contributed by atoms with E-state index in [4.69, 9.17) is 10.1 Å². The Morgan fingerprint density at radius 3 is 2.51 bits per heavy atom. The van der Waals surface area contributed by atoms with Crippen LogP contribution in [0.3, 0.4) is 0 Å². The van der Waals surface area contributed by atoms with Gasteiger partial charge in [-0.05, 0) is 99.5 Å². The van der Waals surface area contributed by atoms with Crippen molar-refractivity contribution in [1.29, 1.82) is 5.41 Å². The van der Waals surface area contributed by atoms with Gasteiger partial charge >= 0.3 is 0 Å². The van der Waals surface area contributed by atoms with Crippen LogP contribution in [-0.4, -0.2) is 36.8 Å². The first kappa shape index (κ1) is 27.4. The Labute approximate surface area is 233 Å². The fourth-order valence-corrected chi connectivity index (χ4v) is 6.37. The molecule has 0 atom stereocenters. The lowest BCUT2D eigenvalue weighted by molar-refractivity contribution is -0.123. The maximum Gasteiger partial charge on any atom is 0.230 e. The Bertz CT molecular complexity index is 1170. The Morgan fingerprint density at radius 1 is 1.08 bits per heavy atom. The smallest absolute Gasteiger partial charge is 0.230 e. The van der Waals surface area contributed by atoms with Crippen molar-refractivity contribution in [2.45, 2.75) is 89.5 Å². The van der Waals surface area contributed by atoms with Crippen LogP contribution in [0.2, 0.25) is 0 Å². The molecule has 2 N–H and O–H groups in total. The second kappa shape index (κ2) is 12.8. The molecule has 0 spiro atoms. The van der Waals surface area contributed by atoms with E-state index in [2.05, 4.69) is 40.3 Å². The van der Waals surface area contributed by atoms with Gasteiger partial charge in [0.15, 0.2) is 0 Å². The van der Waals surface area contributed by atoms with Gasteiger partial charge in [0.2, 0.25) is 11.8 Å². The van der Waals surface area contributed by atoms with Crippen molar-refractivity contribution >= 4 is 23.4 Å². The third-order valence-corrected chi connectivity index (χ3v) is 8.92. The number of nitrogens with zero attached hydrogens (tertiary/aromatic N) is 2. The van der Waals surface area contributed by atoms with Crippen LogP contribution in [0.25, 0.3) is 5.57 Å². The van der Waals surface area contributed by atoms with Gasteiger partial charge in [-0.2, -0.15) is 0 Å². The molecule has 3 saturated carbocycles. The minimum atomic E-state index is 0.126. The summed E-state index contributed by atoms with van der Waals surface area (Å²) in [6.45, 7) is 2.83. The van der Waals surface area contributed by atoms with Crippen molar-refractivity contribution in [3.8, 4) is 5.88 Å². The number of carbonyl (C=O) groups is 1. The number of hydrogen-bond donors (Lipinski definition) is 2. The SMILES string of the molecule is COc1ncc(C2CCC(CN(C(=O)C3CCCCC3)c3cccc(/C(C=N)=C/NC4CC4)c3)CC2)cc1C. The van der Waals surface area contributed by atoms with E-state index in [0.29, 0.717) is 29.7 Å². The van der Waals surface area contributed by atoms with E-state index in [1.54, 1.807) is 7.11 Å². The van der Waals surface area contributed by atoms with Crippen LogP contribution >= 0.6 is 0 Å². The number of methoxy groups -OCH3 is 1. The second-order valence-electron chi connectivity index (χ2n) is 11.8. The van der Waals surface area contributed by atoms with E-state index < -0.39 is 0 Å². The van der Waals surface area contributed by atoms with Gasteiger partial charge in [0.1, 0.15) is 0 Å². The Hall–Kier alpha value is -3.15. The highest BCUT2D eigenvalue weighted by Crippen LogP contribution is 2.38. The first-order chi connectivity index (χ1) is 19.1. The number of anilines is 1. The van der Waals surface area contributed by atoms with Crippen LogP contribution in [0.4, 0.5) is 5.69 Å². The fourth-order valence-electron chi connectivity index (χ4n) is 6.37. The van der Waals surface area contributed by atoms with Gasteiger partial charge in [0.05, 0.1) is 7.11 Å². The zero-order chi connectivity index (χ0) is 27.2. The first-order valence-corrected chi connectivity index (χ1v) is 14.9. The largest absolute Gasteiger partial charge is 0.481 e. The van der Waals surface area contributed by atoms with Crippen LogP contribution in [0.5, 0.6) is 5.88 Å². The number of amides is 1. The monoisotopic (exact) mass is 528 g/mol. The van der Waals surface area contributed by atoms with Crippen molar-refractivity contribution < 1.29 is 9.53 Å². The van der Waals surface area contributed by atoms with Crippen molar-refractivity contribution in [2.24, 2.45) is 11.8 Å². The third kappa shape index (κ3) is 6.90. The van der Waals surface area contributed by atoms with Gasteiger partial charge < -0.3 is 20.4 Å². The summed E-state index contributed by atoms with van der Waals surface area (Å²) in [6, 6.07) is 11.1. The van der Waals surface area contributed by atoms with Crippen molar-refractivity contribution in [1.82, 2.24) is 10.3 Å². The molecule has 3 aliphatic carbocycles. The molecule has 0 bridgehead atoms. The maximum absolute atomic E-state index is 14.0. The molecule has 0 unspecified atom stereocenters. The van der Waals surface area contributed by atoms with E-state index in [0.717, 1.165) is 80.3 Å². The average Bonchev–Trinajstić information content (AvgIpc) is 3.81. The summed E-state index contributed by atoms with van der Waals surface area (Å²) < 4.78 is 5.35. The minimum absolute atomic E-state index is 0.126. The predicted octanol–water partition coefficient (Wildman–Crippen LogP) is 7.03. The number of carbonyl (C=O) groups excluding carboxylic acids is 1. The van der Waals surface area contributed by atoms with Gasteiger partial charge in [-0.3, -0.25) is 4.79 Å². The summed E-state index contributed by atoms with van der Waals surface area (Å²) in [6.07, 6.45) is 17.8. The summed E-state index contributed by atoms with van der Waals surface area (Å²) in [5.41, 5.74) is 5.22. The molecule has 1 aromatic heterocycles. The molecular weight excluding hydrogens is 484 g/mol. The molecule has 0 radical (unpaired) electrons. The van der Waals surface area contributed by atoms with Crippen LogP contribution in [0, 0.1) is 24.2 Å². The van der Waals surface area contributed by atoms with E-state index >= 15 is 0 Å². The fraction of sp³-hybridized carbons (Fsp3) is 0.545. The number of pyridine rings is 1. The van der Waals surface area contributed by atoms with Crippen molar-refractivity contribution in [3.63, 3.8) is 0 Å². The van der Waals surface area contributed by atoms with Crippen LogP contribution < -0.4 is 15.0 Å². The first-order valence-electron chi connectivity index (χ1n) is 14.9. The molecule has 0 aliphatic heterocycles. The molecule has 208 valence electrons. The Balaban J connectivity index is 1.31. The van der Waals surface area contributed by atoms with Crippen LogP contribution in [-0.2, 0) is 4.79 Å². The summed E-state index contributed by atoms with van der Waals surface area (Å²) >= 11 is 0. The molecule has 6 nitrogen and oxygen atoms in total. The molecule has 6 heteroatoms. The minimum Gasteiger partial charge on any atom is -0.481 e. The van der Waals surface area contributed by atoms with Gasteiger partial charge in [-0.15, -0.1) is 0 Å². The van der Waals surface area contributed by atoms with Crippen molar-refractivity contribution in [2.75, 3.05) is 18.6 Å². The predicted molar refractivity (Wildman–Crippen MR) is 159 cm³/mol. The number of allylic oxidation sites excluding steroid dienone is 1. The van der Waals surface area contributed by atoms with Crippen LogP contribution in [0.1, 0.15) is 93.2 Å². The Kier molecular flexibility index (Phi) is 9.00. The maximum atomic E-state index is 14.0. The summed E-state index contributed by atoms with van der Waals surface area (Å²) in [7, 11) is 1.67. The normalized spacial score (nSPS) is 22.3. The molecule has 1 heterocycles. The second-order valence-corrected chi connectivity index (χ2v) is 11.8. The summed E-state index contributed by atoms with van der Waals surface area (Å²) in [4.78, 5) is 20.6. The molecule has 5 rings (SSSR count). The topological polar surface area (TPSA) is 78.3 Å². The molecule has 1 aromatic carbocycles. The molecule has 3 fully saturated rings. The molecular formula is C33H44N4O2. The van der Waals surface area contributed by atoms with E-state index in [1.807, 2.05) is 24.5 Å². The highest BCUT2D eigenvalue weighted by atomic mass is 16.5. The van der Waals surface area contributed by atoms with Gasteiger partial charge in [-0.1, -0.05) is 31.4 Å². The lowest BCUT2D eigenvalue weighted by Gasteiger charge is -2.35. The lowest BCUT2D eigenvalue weighted by Crippen LogP contribution is -2.41. The number of aromatic nitrogens is 1. The van der Waals surface area contributed by atoms with E-state index in [9.17, 15) is 4.79 Å². The molecule has 0 saturated heterocycles. The summed E-state index contributed by atoms with van der Waals surface area (Å²) in [5.74, 6) is 2.13. The van der Waals surface area contributed by atoms with E-state index in [1.165, 1.54) is 31.0 Å². The molecule has 3 aliphatic rings. The summed E-state index contributed by atoms with van der Waals surface area (Å²) in [5, 5.41) is 11.4. The lowest BCUT2D eigenvalue weighted by atomic mass is 9.78. The average molecular weight is 529 g/mol. The molecule has 1 amide bonds.